The summed E-state index contributed by atoms with van der Waals surface area (Å²) in [6.07, 6.45) is 10.0. The third-order valence-corrected chi connectivity index (χ3v) is 6.09. The van der Waals surface area contributed by atoms with Crippen molar-refractivity contribution < 1.29 is 4.79 Å². The Balaban J connectivity index is 1.49. The van der Waals surface area contributed by atoms with Crippen LogP contribution < -0.4 is 5.32 Å². The molecule has 5 rings (SSSR count). The van der Waals surface area contributed by atoms with Gasteiger partial charge in [0.25, 0.3) is 0 Å². The number of rotatable bonds is 3. The average molecular weight is 305 g/mol. The zero-order chi connectivity index (χ0) is 14.5. The highest BCUT2D eigenvalue weighted by Gasteiger charge is 2.59. The number of halogens is 1. The number of nitrogens with zero attached hydrogens (tertiary/aromatic N) is 1. The van der Waals surface area contributed by atoms with E-state index >= 15 is 0 Å². The molecule has 4 atom stereocenters. The van der Waals surface area contributed by atoms with Crippen LogP contribution in [0.25, 0.3) is 0 Å². The minimum Gasteiger partial charge on any atom is -0.351 e. The van der Waals surface area contributed by atoms with Gasteiger partial charge in [-0.15, -0.1) is 11.6 Å². The zero-order valence-electron chi connectivity index (χ0n) is 12.1. The van der Waals surface area contributed by atoms with Gasteiger partial charge >= 0.3 is 0 Å². The van der Waals surface area contributed by atoms with E-state index in [-0.39, 0.29) is 16.2 Å². The quantitative estimate of drug-likeness (QED) is 0.871. The van der Waals surface area contributed by atoms with Crippen LogP contribution in [0, 0.1) is 17.3 Å². The summed E-state index contributed by atoms with van der Waals surface area (Å²) in [6.45, 7) is 0.568. The maximum atomic E-state index is 12.8. The van der Waals surface area contributed by atoms with Crippen LogP contribution in [0.4, 0.5) is 0 Å². The van der Waals surface area contributed by atoms with Gasteiger partial charge in [-0.2, -0.15) is 0 Å². The molecule has 21 heavy (non-hydrogen) atoms. The molecule has 0 aromatic carbocycles. The second-order valence-corrected chi connectivity index (χ2v) is 8.24. The summed E-state index contributed by atoms with van der Waals surface area (Å²) in [4.78, 5) is 16.8. The largest absolute Gasteiger partial charge is 0.351 e. The normalized spacial score (nSPS) is 40.2. The number of nitrogens with one attached hydrogen (secondary N) is 1. The lowest BCUT2D eigenvalue weighted by Crippen LogP contribution is -2.58. The lowest BCUT2D eigenvalue weighted by Gasteiger charge is -2.59. The van der Waals surface area contributed by atoms with Crippen LogP contribution in [0.15, 0.2) is 24.5 Å². The smallest absolute Gasteiger partial charge is 0.226 e. The number of hydrogen-bond acceptors (Lipinski definition) is 2. The molecule has 0 spiro atoms. The average Bonchev–Trinajstić information content (AvgIpc) is 2.43. The Morgan fingerprint density at radius 3 is 2.71 bits per heavy atom. The maximum Gasteiger partial charge on any atom is 0.226 e. The Hall–Kier alpha value is -1.09. The number of carbonyl (C=O) groups is 1. The number of amides is 1. The monoisotopic (exact) mass is 304 g/mol. The summed E-state index contributed by atoms with van der Waals surface area (Å²) in [5.74, 6) is 1.53. The van der Waals surface area contributed by atoms with E-state index in [9.17, 15) is 4.79 Å². The molecule has 1 aromatic heterocycles. The highest BCUT2D eigenvalue weighted by molar-refractivity contribution is 6.24. The minimum absolute atomic E-state index is 0.101. The van der Waals surface area contributed by atoms with E-state index in [1.54, 1.807) is 6.20 Å². The standard InChI is InChI=1S/C17H21ClN2O/c18-17-7-13-4-14(8-17)6-16(5-13,11-17)15(21)20-10-12-2-1-3-19-9-12/h1-3,9,13-14H,4-8,10-11H2,(H,20,21)/t13-,14+,16?,17?. The van der Waals surface area contributed by atoms with E-state index in [1.807, 2.05) is 18.3 Å². The lowest BCUT2D eigenvalue weighted by atomic mass is 9.49. The summed E-state index contributed by atoms with van der Waals surface area (Å²) in [6, 6.07) is 3.90. The van der Waals surface area contributed by atoms with Crippen molar-refractivity contribution in [1.29, 1.82) is 0 Å². The van der Waals surface area contributed by atoms with Crippen molar-refractivity contribution in [2.45, 2.75) is 49.9 Å². The molecule has 0 radical (unpaired) electrons. The van der Waals surface area contributed by atoms with Crippen LogP contribution >= 0.6 is 11.6 Å². The van der Waals surface area contributed by atoms with Gasteiger partial charge in [0.05, 0.1) is 5.41 Å². The zero-order valence-corrected chi connectivity index (χ0v) is 12.9. The summed E-state index contributed by atoms with van der Waals surface area (Å²) in [5.41, 5.74) is 0.852. The fraction of sp³-hybridized carbons (Fsp3) is 0.647. The minimum atomic E-state index is -0.200. The molecule has 1 aromatic rings. The third-order valence-electron chi connectivity index (χ3n) is 5.65. The van der Waals surface area contributed by atoms with Gasteiger partial charge in [-0.1, -0.05) is 6.07 Å². The molecule has 4 aliphatic carbocycles. The van der Waals surface area contributed by atoms with Gasteiger partial charge in [-0.05, 0) is 62.0 Å². The van der Waals surface area contributed by atoms with E-state index in [2.05, 4.69) is 10.3 Å². The first-order valence-corrected chi connectivity index (χ1v) is 8.31. The topological polar surface area (TPSA) is 42.0 Å². The van der Waals surface area contributed by atoms with Gasteiger partial charge in [-0.25, -0.2) is 0 Å². The van der Waals surface area contributed by atoms with Gasteiger partial charge in [0.15, 0.2) is 0 Å². The van der Waals surface area contributed by atoms with Crippen LogP contribution in [-0.2, 0) is 11.3 Å². The molecular weight excluding hydrogens is 284 g/mol. The van der Waals surface area contributed by atoms with E-state index in [0.29, 0.717) is 18.4 Å². The van der Waals surface area contributed by atoms with E-state index in [0.717, 1.165) is 37.7 Å². The molecule has 4 aliphatic rings. The Morgan fingerprint density at radius 2 is 2.10 bits per heavy atom. The summed E-state index contributed by atoms with van der Waals surface area (Å²) >= 11 is 6.79. The molecule has 1 amide bonds. The molecule has 4 bridgehead atoms. The van der Waals surface area contributed by atoms with Crippen molar-refractivity contribution >= 4 is 17.5 Å². The molecule has 112 valence electrons. The van der Waals surface area contributed by atoms with Crippen molar-refractivity contribution in [2.24, 2.45) is 17.3 Å². The van der Waals surface area contributed by atoms with Gasteiger partial charge in [0.2, 0.25) is 5.91 Å². The van der Waals surface area contributed by atoms with Crippen molar-refractivity contribution in [1.82, 2.24) is 10.3 Å². The maximum absolute atomic E-state index is 12.8. The fourth-order valence-corrected chi connectivity index (χ4v) is 5.98. The predicted octanol–water partition coefficient (Wildman–Crippen LogP) is 3.28. The van der Waals surface area contributed by atoms with E-state index < -0.39 is 0 Å². The Morgan fingerprint density at radius 1 is 1.33 bits per heavy atom. The summed E-state index contributed by atoms with van der Waals surface area (Å²) in [5, 5.41) is 3.14. The van der Waals surface area contributed by atoms with E-state index in [4.69, 9.17) is 11.6 Å². The fourth-order valence-electron chi connectivity index (χ4n) is 5.29. The molecule has 4 heteroatoms. The van der Waals surface area contributed by atoms with Crippen molar-refractivity contribution in [3.05, 3.63) is 30.1 Å². The molecule has 4 saturated carbocycles. The molecule has 1 heterocycles. The van der Waals surface area contributed by atoms with Crippen molar-refractivity contribution in [2.75, 3.05) is 0 Å². The van der Waals surface area contributed by atoms with Gasteiger partial charge in [-0.3, -0.25) is 9.78 Å². The SMILES string of the molecule is O=C(NCc1cccnc1)C12C[C@@H]3C[C@@H](CC(Cl)(C3)C1)C2. The third kappa shape index (κ3) is 2.36. The van der Waals surface area contributed by atoms with Crippen LogP contribution in [0.5, 0.6) is 0 Å². The second-order valence-electron chi connectivity index (χ2n) is 7.44. The van der Waals surface area contributed by atoms with Crippen LogP contribution in [-0.4, -0.2) is 15.8 Å². The van der Waals surface area contributed by atoms with Crippen molar-refractivity contribution in [3.63, 3.8) is 0 Å². The van der Waals surface area contributed by atoms with Gasteiger partial charge in [0, 0.05) is 23.8 Å². The first kappa shape index (κ1) is 13.6. The summed E-state index contributed by atoms with van der Waals surface area (Å²) in [7, 11) is 0. The molecule has 3 nitrogen and oxygen atoms in total. The Bertz CT molecular complexity index is 545. The predicted molar refractivity (Wildman–Crippen MR) is 81.8 cm³/mol. The molecule has 4 fully saturated rings. The second kappa shape index (κ2) is 4.70. The van der Waals surface area contributed by atoms with Crippen molar-refractivity contribution in [3.8, 4) is 0 Å². The highest BCUT2D eigenvalue weighted by Crippen LogP contribution is 2.63. The first-order chi connectivity index (χ1) is 10.1. The van der Waals surface area contributed by atoms with E-state index in [1.165, 1.54) is 6.42 Å². The number of alkyl halides is 1. The van der Waals surface area contributed by atoms with Crippen LogP contribution in [0.2, 0.25) is 0 Å². The molecule has 1 N–H and O–H groups in total. The molecule has 0 aliphatic heterocycles. The van der Waals surface area contributed by atoms with Crippen LogP contribution in [0.1, 0.15) is 44.1 Å². The number of carbonyl (C=O) groups excluding carboxylic acids is 1. The Labute approximate surface area is 130 Å². The number of pyridine rings is 1. The number of aromatic nitrogens is 1. The van der Waals surface area contributed by atoms with Crippen LogP contribution in [0.3, 0.4) is 0 Å². The lowest BCUT2D eigenvalue weighted by molar-refractivity contribution is -0.144. The molecule has 2 unspecified atom stereocenters. The summed E-state index contributed by atoms with van der Waals surface area (Å²) < 4.78 is 0. The molecule has 0 saturated heterocycles. The first-order valence-electron chi connectivity index (χ1n) is 7.93. The number of hydrogen-bond donors (Lipinski definition) is 1. The van der Waals surface area contributed by atoms with Gasteiger partial charge < -0.3 is 5.32 Å². The highest BCUT2D eigenvalue weighted by atomic mass is 35.5. The Kier molecular flexibility index (Phi) is 3.04. The van der Waals surface area contributed by atoms with Gasteiger partial charge in [0.1, 0.15) is 0 Å². The molecular formula is C17H21ClN2O.